The summed E-state index contributed by atoms with van der Waals surface area (Å²) < 4.78 is 24.0. The van der Waals surface area contributed by atoms with Crippen LogP contribution in [0.3, 0.4) is 0 Å². The van der Waals surface area contributed by atoms with Crippen molar-refractivity contribution < 1.29 is 43.3 Å². The van der Waals surface area contributed by atoms with Crippen molar-refractivity contribution in [3.8, 4) is 23.0 Å². The number of pyridine rings is 1. The summed E-state index contributed by atoms with van der Waals surface area (Å²) in [4.78, 5) is 24.7. The van der Waals surface area contributed by atoms with Crippen LogP contribution >= 0.6 is 0 Å². The number of carboxylic acids is 2. The van der Waals surface area contributed by atoms with Gasteiger partial charge >= 0.3 is 5.97 Å². The lowest BCUT2D eigenvalue weighted by molar-refractivity contribution is -0.714. The van der Waals surface area contributed by atoms with Crippen LogP contribution in [0.5, 0.6) is 23.0 Å². The first kappa shape index (κ1) is 17.6. The quantitative estimate of drug-likeness (QED) is 0.587. The summed E-state index contributed by atoms with van der Waals surface area (Å²) in [6.07, 6.45) is 0. The maximum atomic E-state index is 12.3. The van der Waals surface area contributed by atoms with E-state index >= 15 is 0 Å². The van der Waals surface area contributed by atoms with E-state index in [4.69, 9.17) is 18.9 Å². The Balaban J connectivity index is 1.58. The minimum absolute atomic E-state index is 0.0618. The number of hydrogen-bond acceptors (Lipinski definition) is 7. The smallest absolute Gasteiger partial charge is 0.308 e. The Morgan fingerprint density at radius 1 is 0.875 bits per heavy atom. The summed E-state index contributed by atoms with van der Waals surface area (Å²) in [5, 5.41) is 23.2. The Bertz CT molecular complexity index is 1380. The first-order valence-corrected chi connectivity index (χ1v) is 10.2. The first-order valence-electron chi connectivity index (χ1n) is 10.2. The average Bonchev–Trinajstić information content (AvgIpc) is 3.43. The van der Waals surface area contributed by atoms with Gasteiger partial charge in [-0.05, 0) is 29.8 Å². The molecule has 9 nitrogen and oxygen atoms in total. The molecule has 0 saturated heterocycles. The maximum absolute atomic E-state index is 12.3. The highest BCUT2D eigenvalue weighted by Gasteiger charge is 2.60. The third kappa shape index (κ3) is 2.05. The van der Waals surface area contributed by atoms with Crippen LogP contribution in [0.4, 0.5) is 0 Å². The molecular formula is C23H15NO8. The fraction of sp³-hybridized carbons (Fsp3) is 0.261. The molecule has 0 spiro atoms. The van der Waals surface area contributed by atoms with Crippen LogP contribution < -0.4 is 28.6 Å². The highest BCUT2D eigenvalue weighted by atomic mass is 16.7. The Morgan fingerprint density at radius 2 is 1.50 bits per heavy atom. The third-order valence-corrected chi connectivity index (χ3v) is 6.97. The maximum Gasteiger partial charge on any atom is 0.308 e. The van der Waals surface area contributed by atoms with E-state index in [1.54, 1.807) is 12.1 Å². The van der Waals surface area contributed by atoms with E-state index in [0.29, 0.717) is 28.6 Å². The van der Waals surface area contributed by atoms with Crippen LogP contribution in [-0.2, 0) is 9.59 Å². The van der Waals surface area contributed by atoms with Crippen molar-refractivity contribution in [1.82, 2.24) is 0 Å². The number of fused-ring (bicyclic) bond motifs is 4. The summed E-state index contributed by atoms with van der Waals surface area (Å²) in [6.45, 7) is 0.173. The zero-order chi connectivity index (χ0) is 21.7. The normalized spacial score (nSPS) is 25.5. The second kappa shape index (κ2) is 5.82. The molecule has 0 saturated carbocycles. The molecule has 4 aliphatic heterocycles. The largest absolute Gasteiger partial charge is 0.550 e. The lowest BCUT2D eigenvalue weighted by atomic mass is 9.61. The van der Waals surface area contributed by atoms with Crippen LogP contribution in [-0.4, -0.2) is 30.6 Å². The van der Waals surface area contributed by atoms with Crippen LogP contribution in [0, 0.1) is 11.8 Å². The SMILES string of the molecule is O=C([O-])[C@@H]1[C@@H](C(=O)O)[C@@H]2c3cc4c(cc3[C@H]1[n+]1c2ccc2cc3c(cc21)OCO3)OCO4. The molecule has 1 N–H and O–H groups in total. The van der Waals surface area contributed by atoms with Crippen molar-refractivity contribution in [3.05, 3.63) is 53.2 Å². The lowest BCUT2D eigenvalue weighted by Crippen LogP contribution is -2.64. The van der Waals surface area contributed by atoms with Gasteiger partial charge in [0.2, 0.25) is 19.1 Å². The molecule has 5 aliphatic rings. The minimum Gasteiger partial charge on any atom is -0.550 e. The number of aromatic nitrogens is 1. The van der Waals surface area contributed by atoms with E-state index in [2.05, 4.69) is 0 Å². The molecule has 0 radical (unpaired) electrons. The number of carbonyl (C=O) groups is 2. The molecule has 32 heavy (non-hydrogen) atoms. The molecule has 1 aromatic heterocycles. The van der Waals surface area contributed by atoms with Crippen LogP contribution in [0.1, 0.15) is 28.8 Å². The van der Waals surface area contributed by atoms with Crippen molar-refractivity contribution in [2.45, 2.75) is 12.0 Å². The van der Waals surface area contributed by atoms with Gasteiger partial charge in [-0.25, -0.2) is 0 Å². The summed E-state index contributed by atoms with van der Waals surface area (Å²) in [5.41, 5.74) is 2.90. The number of ether oxygens (including phenoxy) is 4. The zero-order valence-corrected chi connectivity index (χ0v) is 16.4. The monoisotopic (exact) mass is 433 g/mol. The number of aliphatic carboxylic acids is 2. The molecule has 5 heterocycles. The van der Waals surface area contributed by atoms with E-state index in [9.17, 15) is 19.8 Å². The molecule has 1 aliphatic carbocycles. The van der Waals surface area contributed by atoms with Crippen LogP contribution in [0.15, 0.2) is 36.4 Å². The molecular weight excluding hydrogens is 418 g/mol. The Labute approximate surface area is 180 Å². The molecule has 2 bridgehead atoms. The van der Waals surface area contributed by atoms with E-state index in [1.807, 2.05) is 28.8 Å². The zero-order valence-electron chi connectivity index (χ0n) is 16.4. The lowest BCUT2D eigenvalue weighted by Gasteiger charge is -2.44. The third-order valence-electron chi connectivity index (χ3n) is 6.97. The van der Waals surface area contributed by atoms with Gasteiger partial charge in [-0.2, -0.15) is 4.57 Å². The predicted molar refractivity (Wildman–Crippen MR) is 102 cm³/mol. The molecule has 8 rings (SSSR count). The van der Waals surface area contributed by atoms with Gasteiger partial charge in [0.05, 0.1) is 35.2 Å². The van der Waals surface area contributed by atoms with E-state index in [-0.39, 0.29) is 13.6 Å². The van der Waals surface area contributed by atoms with Crippen molar-refractivity contribution in [2.24, 2.45) is 11.8 Å². The highest BCUT2D eigenvalue weighted by Crippen LogP contribution is 2.55. The van der Waals surface area contributed by atoms with Gasteiger partial charge in [-0.1, -0.05) is 0 Å². The van der Waals surface area contributed by atoms with Gasteiger partial charge in [0.25, 0.3) is 0 Å². The Morgan fingerprint density at radius 3 is 2.16 bits per heavy atom. The predicted octanol–water partition coefficient (Wildman–Crippen LogP) is 0.700. The van der Waals surface area contributed by atoms with Crippen molar-refractivity contribution >= 4 is 22.8 Å². The number of carbonyl (C=O) groups excluding carboxylic acids is 1. The fourth-order valence-electron chi connectivity index (χ4n) is 5.75. The molecule has 9 heteroatoms. The summed E-state index contributed by atoms with van der Waals surface area (Å²) in [7, 11) is 0. The summed E-state index contributed by atoms with van der Waals surface area (Å²) in [6, 6.07) is 10.2. The second-order valence-corrected chi connectivity index (χ2v) is 8.36. The second-order valence-electron chi connectivity index (χ2n) is 8.36. The first-order chi connectivity index (χ1) is 15.5. The fourth-order valence-corrected chi connectivity index (χ4v) is 5.75. The van der Waals surface area contributed by atoms with E-state index in [1.165, 1.54) is 0 Å². The molecule has 0 fully saturated rings. The topological polar surface area (TPSA) is 118 Å². The number of hydrogen-bond donors (Lipinski definition) is 1. The van der Waals surface area contributed by atoms with Gasteiger partial charge in [0.1, 0.15) is 0 Å². The van der Waals surface area contributed by atoms with Crippen molar-refractivity contribution in [2.75, 3.05) is 13.6 Å². The van der Waals surface area contributed by atoms with Crippen LogP contribution in [0.2, 0.25) is 0 Å². The average molecular weight is 433 g/mol. The Hall–Kier alpha value is -4.01. The van der Waals surface area contributed by atoms with Gasteiger partial charge < -0.3 is 34.0 Å². The number of nitrogens with zero attached hydrogens (tertiary/aromatic N) is 1. The highest BCUT2D eigenvalue weighted by molar-refractivity contribution is 5.85. The van der Waals surface area contributed by atoms with Gasteiger partial charge in [-0.15, -0.1) is 0 Å². The summed E-state index contributed by atoms with van der Waals surface area (Å²) >= 11 is 0. The van der Waals surface area contributed by atoms with Crippen molar-refractivity contribution in [3.63, 3.8) is 0 Å². The summed E-state index contributed by atoms with van der Waals surface area (Å²) in [5.74, 6) is -3.49. The standard InChI is InChI=1S/C23H15NO8/c25-22(26)19-18-10-4-15-16(31-8-30-15)5-11(10)21(20(19)23(27)28)24-12(18)2-1-9-3-14-17(6-13(9)24)32-7-29-14/h1-6,18-21H,7-8H2,(H-,25,26,27,28)/t18-,19+,20-,21-/m1/s1. The van der Waals surface area contributed by atoms with E-state index in [0.717, 1.165) is 22.2 Å². The Kier molecular flexibility index (Phi) is 3.21. The van der Waals surface area contributed by atoms with Crippen molar-refractivity contribution in [1.29, 1.82) is 0 Å². The van der Waals surface area contributed by atoms with Gasteiger partial charge in [-0.3, -0.25) is 4.79 Å². The molecule has 0 unspecified atom stereocenters. The molecule has 3 aromatic rings. The molecule has 4 atom stereocenters. The van der Waals surface area contributed by atoms with E-state index < -0.39 is 35.7 Å². The van der Waals surface area contributed by atoms with Gasteiger partial charge in [0, 0.05) is 11.6 Å². The number of rotatable bonds is 2. The van der Waals surface area contributed by atoms with Gasteiger partial charge in [0.15, 0.2) is 34.7 Å². The number of carboxylic acid groups (broad SMARTS) is 2. The molecule has 2 aromatic carbocycles. The molecule has 160 valence electrons. The van der Waals surface area contributed by atoms with Crippen LogP contribution in [0.25, 0.3) is 10.9 Å². The minimum atomic E-state index is -1.40. The molecule has 0 amide bonds. The number of benzene rings is 2.